The van der Waals surface area contributed by atoms with Crippen LogP contribution in [0.15, 0.2) is 12.7 Å². The highest BCUT2D eigenvalue weighted by Crippen LogP contribution is 2.25. The summed E-state index contributed by atoms with van der Waals surface area (Å²) in [4.78, 5) is 8.31. The van der Waals surface area contributed by atoms with Crippen molar-refractivity contribution in [1.29, 1.82) is 0 Å². The summed E-state index contributed by atoms with van der Waals surface area (Å²) in [6.45, 7) is 4.48. The van der Waals surface area contributed by atoms with Crippen molar-refractivity contribution in [3.05, 3.63) is 18.5 Å². The molecule has 1 rings (SSSR count). The second-order valence-corrected chi connectivity index (χ2v) is 3.01. The van der Waals surface area contributed by atoms with Gasteiger partial charge in [0.25, 0.3) is 0 Å². The smallest absolute Gasteiger partial charge is 0.242 e. The molecule has 6 heteroatoms. The van der Waals surface area contributed by atoms with Crippen LogP contribution in [-0.4, -0.2) is 30.7 Å². The van der Waals surface area contributed by atoms with E-state index in [1.807, 2.05) is 0 Å². The summed E-state index contributed by atoms with van der Waals surface area (Å²) in [5.41, 5.74) is 6.19. The minimum absolute atomic E-state index is 0.305. The number of nitrogens with one attached hydrogen (secondary N) is 1. The third kappa shape index (κ3) is 2.83. The molecule has 0 unspecified atom stereocenters. The van der Waals surface area contributed by atoms with Gasteiger partial charge in [-0.3, -0.25) is 0 Å². The summed E-state index contributed by atoms with van der Waals surface area (Å²) in [7, 11) is 3.08. The van der Waals surface area contributed by atoms with Crippen molar-refractivity contribution < 1.29 is 9.47 Å². The zero-order chi connectivity index (χ0) is 12.0. The molecule has 3 N–H and O–H groups in total. The maximum absolute atomic E-state index is 5.81. The Hall–Kier alpha value is -1.82. The first-order valence-corrected chi connectivity index (χ1v) is 4.77. The number of aromatic nitrogens is 2. The predicted molar refractivity (Wildman–Crippen MR) is 62.4 cm³/mol. The highest BCUT2D eigenvalue weighted by Gasteiger charge is 2.11. The Morgan fingerprint density at radius 1 is 1.44 bits per heavy atom. The number of anilines is 2. The first-order chi connectivity index (χ1) is 7.72. The summed E-state index contributed by atoms with van der Waals surface area (Å²) >= 11 is 0. The van der Waals surface area contributed by atoms with Gasteiger partial charge in [-0.05, 0) is 0 Å². The van der Waals surface area contributed by atoms with Crippen LogP contribution in [0.4, 0.5) is 11.5 Å². The zero-order valence-corrected chi connectivity index (χ0v) is 9.49. The Morgan fingerprint density at radius 3 is 2.75 bits per heavy atom. The van der Waals surface area contributed by atoms with Gasteiger partial charge in [0.05, 0.1) is 7.11 Å². The van der Waals surface area contributed by atoms with Crippen molar-refractivity contribution in [3.8, 4) is 5.88 Å². The highest BCUT2D eigenvalue weighted by molar-refractivity contribution is 5.67. The lowest BCUT2D eigenvalue weighted by Crippen LogP contribution is -2.10. The van der Waals surface area contributed by atoms with Gasteiger partial charge < -0.3 is 20.5 Å². The van der Waals surface area contributed by atoms with E-state index in [1.165, 1.54) is 7.11 Å². The lowest BCUT2D eigenvalue weighted by molar-refractivity contribution is 0.177. The molecule has 0 fully saturated rings. The number of nitrogens with zero attached hydrogens (tertiary/aromatic N) is 2. The predicted octanol–water partition coefficient (Wildman–Crippen LogP) is 0.812. The molecule has 0 saturated heterocycles. The molecule has 16 heavy (non-hydrogen) atoms. The standard InChI is InChI=1S/C10H16N4O2/c1-4-5-12-9-8(11)10(16-3)14-7(13-9)6-15-2/h4H,1,5-6,11H2,2-3H3,(H,12,13,14). The lowest BCUT2D eigenvalue weighted by Gasteiger charge is -2.11. The van der Waals surface area contributed by atoms with E-state index in [1.54, 1.807) is 13.2 Å². The van der Waals surface area contributed by atoms with E-state index in [4.69, 9.17) is 15.2 Å². The molecule has 0 aliphatic heterocycles. The summed E-state index contributed by atoms with van der Waals surface area (Å²) in [6, 6.07) is 0. The van der Waals surface area contributed by atoms with Crippen LogP contribution in [-0.2, 0) is 11.3 Å². The normalized spacial score (nSPS) is 9.88. The molecule has 88 valence electrons. The third-order valence-corrected chi connectivity index (χ3v) is 1.84. The number of hydrogen-bond acceptors (Lipinski definition) is 6. The minimum Gasteiger partial charge on any atom is -0.479 e. The number of ether oxygens (including phenoxy) is 2. The fraction of sp³-hybridized carbons (Fsp3) is 0.400. The third-order valence-electron chi connectivity index (χ3n) is 1.84. The van der Waals surface area contributed by atoms with Gasteiger partial charge in [0.2, 0.25) is 5.88 Å². The van der Waals surface area contributed by atoms with E-state index in [0.29, 0.717) is 36.4 Å². The summed E-state index contributed by atoms with van der Waals surface area (Å²) in [5, 5.41) is 3.01. The molecule has 0 radical (unpaired) electrons. The van der Waals surface area contributed by atoms with Crippen molar-refractivity contribution in [2.24, 2.45) is 0 Å². The maximum Gasteiger partial charge on any atom is 0.242 e. The molecular weight excluding hydrogens is 208 g/mol. The van der Waals surface area contributed by atoms with Gasteiger partial charge in [-0.1, -0.05) is 6.08 Å². The summed E-state index contributed by atoms with van der Waals surface area (Å²) in [5.74, 6) is 1.38. The molecule has 1 heterocycles. The monoisotopic (exact) mass is 224 g/mol. The van der Waals surface area contributed by atoms with Crippen LogP contribution in [0.25, 0.3) is 0 Å². The van der Waals surface area contributed by atoms with Crippen molar-refractivity contribution in [3.63, 3.8) is 0 Å². The van der Waals surface area contributed by atoms with Gasteiger partial charge in [0.15, 0.2) is 11.6 Å². The largest absolute Gasteiger partial charge is 0.479 e. The molecule has 0 amide bonds. The van der Waals surface area contributed by atoms with Gasteiger partial charge in [-0.15, -0.1) is 6.58 Å². The molecule has 0 spiro atoms. The van der Waals surface area contributed by atoms with E-state index in [0.717, 1.165) is 0 Å². The SMILES string of the molecule is C=CCNc1nc(COC)nc(OC)c1N. The van der Waals surface area contributed by atoms with Crippen molar-refractivity contribution in [2.45, 2.75) is 6.61 Å². The zero-order valence-electron chi connectivity index (χ0n) is 9.49. The van der Waals surface area contributed by atoms with Crippen LogP contribution in [0, 0.1) is 0 Å². The highest BCUT2D eigenvalue weighted by atomic mass is 16.5. The summed E-state index contributed by atoms with van der Waals surface area (Å²) in [6.07, 6.45) is 1.71. The average molecular weight is 224 g/mol. The molecule has 0 aliphatic carbocycles. The van der Waals surface area contributed by atoms with E-state index in [-0.39, 0.29) is 0 Å². The second-order valence-electron chi connectivity index (χ2n) is 3.01. The Balaban J connectivity index is 3.02. The van der Waals surface area contributed by atoms with Crippen LogP contribution < -0.4 is 15.8 Å². The van der Waals surface area contributed by atoms with Crippen molar-refractivity contribution >= 4 is 11.5 Å². The number of nitrogens with two attached hydrogens (primary N) is 1. The second kappa shape index (κ2) is 5.92. The number of rotatable bonds is 6. The molecule has 0 aromatic carbocycles. The molecular formula is C10H16N4O2. The molecule has 0 aliphatic rings. The van der Waals surface area contributed by atoms with E-state index in [9.17, 15) is 0 Å². The van der Waals surface area contributed by atoms with Crippen LogP contribution in [0.2, 0.25) is 0 Å². The lowest BCUT2D eigenvalue weighted by atomic mass is 10.4. The Labute approximate surface area is 94.5 Å². The molecule has 6 nitrogen and oxygen atoms in total. The number of hydrogen-bond donors (Lipinski definition) is 2. The van der Waals surface area contributed by atoms with E-state index < -0.39 is 0 Å². The van der Waals surface area contributed by atoms with E-state index in [2.05, 4.69) is 21.9 Å². The maximum atomic E-state index is 5.81. The fourth-order valence-electron chi connectivity index (χ4n) is 1.15. The Morgan fingerprint density at radius 2 is 2.19 bits per heavy atom. The van der Waals surface area contributed by atoms with E-state index >= 15 is 0 Å². The van der Waals surface area contributed by atoms with Gasteiger partial charge in [0, 0.05) is 13.7 Å². The van der Waals surface area contributed by atoms with Crippen LogP contribution in [0.1, 0.15) is 5.82 Å². The van der Waals surface area contributed by atoms with Gasteiger partial charge in [0.1, 0.15) is 12.3 Å². The van der Waals surface area contributed by atoms with Crippen LogP contribution in [0.5, 0.6) is 5.88 Å². The van der Waals surface area contributed by atoms with Crippen molar-refractivity contribution in [2.75, 3.05) is 31.8 Å². The van der Waals surface area contributed by atoms with Crippen molar-refractivity contribution in [1.82, 2.24) is 9.97 Å². The molecule has 0 bridgehead atoms. The average Bonchev–Trinajstić information content (AvgIpc) is 2.29. The van der Waals surface area contributed by atoms with Crippen LogP contribution in [0.3, 0.4) is 0 Å². The molecule has 1 aromatic rings. The number of methoxy groups -OCH3 is 2. The van der Waals surface area contributed by atoms with Gasteiger partial charge in [-0.25, -0.2) is 4.98 Å². The number of nitrogen functional groups attached to an aromatic ring is 1. The van der Waals surface area contributed by atoms with Crippen LogP contribution >= 0.6 is 0 Å². The van der Waals surface area contributed by atoms with Gasteiger partial charge in [-0.2, -0.15) is 4.98 Å². The molecule has 1 aromatic heterocycles. The Kier molecular flexibility index (Phi) is 4.53. The first kappa shape index (κ1) is 12.3. The first-order valence-electron chi connectivity index (χ1n) is 4.77. The quantitative estimate of drug-likeness (QED) is 0.696. The Bertz CT molecular complexity index is 368. The van der Waals surface area contributed by atoms with Gasteiger partial charge >= 0.3 is 0 Å². The summed E-state index contributed by atoms with van der Waals surface area (Å²) < 4.78 is 10.0. The minimum atomic E-state index is 0.305. The molecule has 0 atom stereocenters. The topological polar surface area (TPSA) is 82.3 Å². The molecule has 0 saturated carbocycles. The fourth-order valence-corrected chi connectivity index (χ4v) is 1.15.